The summed E-state index contributed by atoms with van der Waals surface area (Å²) in [6.07, 6.45) is 3.66. The Morgan fingerprint density at radius 3 is 2.77 bits per heavy atom. The van der Waals surface area contributed by atoms with Crippen LogP contribution in [0.2, 0.25) is 0 Å². The number of carbonyl (C=O) groups is 1. The SMILES string of the molecule is CS(=O)(=O)C(=O)CC1=CCNCC1. The molecule has 0 unspecified atom stereocenters. The first-order valence-electron chi connectivity index (χ1n) is 4.11. The maximum Gasteiger partial charge on any atom is 0.250 e. The molecule has 0 saturated heterocycles. The molecule has 13 heavy (non-hydrogen) atoms. The van der Waals surface area contributed by atoms with Gasteiger partial charge in [0.25, 0.3) is 0 Å². The smallest absolute Gasteiger partial charge is 0.250 e. The molecule has 0 saturated carbocycles. The van der Waals surface area contributed by atoms with Crippen molar-refractivity contribution >= 4 is 15.0 Å². The first kappa shape index (κ1) is 10.4. The van der Waals surface area contributed by atoms with Crippen molar-refractivity contribution in [3.05, 3.63) is 11.6 Å². The zero-order valence-corrected chi connectivity index (χ0v) is 8.36. The molecule has 5 heteroatoms. The summed E-state index contributed by atoms with van der Waals surface area (Å²) >= 11 is 0. The predicted octanol–water partition coefficient (Wildman–Crippen LogP) is -0.133. The Morgan fingerprint density at radius 2 is 2.31 bits per heavy atom. The fourth-order valence-corrected chi connectivity index (χ4v) is 1.59. The van der Waals surface area contributed by atoms with E-state index in [0.717, 1.165) is 31.3 Å². The molecule has 0 spiro atoms. The first-order chi connectivity index (χ1) is 6.00. The van der Waals surface area contributed by atoms with E-state index < -0.39 is 15.0 Å². The van der Waals surface area contributed by atoms with E-state index in [-0.39, 0.29) is 6.42 Å². The molecule has 0 amide bonds. The number of hydrogen-bond donors (Lipinski definition) is 1. The van der Waals surface area contributed by atoms with Gasteiger partial charge in [-0.25, -0.2) is 8.42 Å². The second-order valence-corrected chi connectivity index (χ2v) is 5.14. The standard InChI is InChI=1S/C8H13NO3S/c1-13(11,12)8(10)6-7-2-4-9-5-3-7/h2,9H,3-6H2,1H3. The molecule has 0 aromatic carbocycles. The second-order valence-electron chi connectivity index (χ2n) is 3.14. The van der Waals surface area contributed by atoms with Crippen molar-refractivity contribution in [1.29, 1.82) is 0 Å². The van der Waals surface area contributed by atoms with Crippen molar-refractivity contribution in [1.82, 2.24) is 5.32 Å². The minimum Gasteiger partial charge on any atom is -0.313 e. The van der Waals surface area contributed by atoms with Crippen LogP contribution < -0.4 is 5.32 Å². The minimum absolute atomic E-state index is 0.0561. The van der Waals surface area contributed by atoms with Crippen LogP contribution in [-0.4, -0.2) is 32.9 Å². The highest BCUT2D eigenvalue weighted by atomic mass is 32.2. The first-order valence-corrected chi connectivity index (χ1v) is 6.01. The van der Waals surface area contributed by atoms with Crippen LogP contribution in [0.25, 0.3) is 0 Å². The molecule has 0 aromatic rings. The number of nitrogens with one attached hydrogen (secondary N) is 1. The molecule has 0 aromatic heterocycles. The van der Waals surface area contributed by atoms with E-state index in [9.17, 15) is 13.2 Å². The summed E-state index contributed by atoms with van der Waals surface area (Å²) in [7, 11) is -3.50. The summed E-state index contributed by atoms with van der Waals surface area (Å²) < 4.78 is 21.6. The van der Waals surface area contributed by atoms with Crippen LogP contribution in [0.4, 0.5) is 0 Å². The molecule has 1 aliphatic heterocycles. The van der Waals surface area contributed by atoms with Crippen molar-refractivity contribution in [2.75, 3.05) is 19.3 Å². The lowest BCUT2D eigenvalue weighted by Crippen LogP contribution is -2.22. The third-order valence-electron chi connectivity index (χ3n) is 1.94. The third kappa shape index (κ3) is 3.28. The number of sulfone groups is 1. The predicted molar refractivity (Wildman–Crippen MR) is 50.0 cm³/mol. The zero-order valence-electron chi connectivity index (χ0n) is 7.54. The van der Waals surface area contributed by atoms with E-state index in [2.05, 4.69) is 5.32 Å². The van der Waals surface area contributed by atoms with Crippen molar-refractivity contribution in [2.24, 2.45) is 0 Å². The van der Waals surface area contributed by atoms with Gasteiger partial charge in [0, 0.05) is 19.2 Å². The van der Waals surface area contributed by atoms with Crippen LogP contribution in [-0.2, 0) is 14.6 Å². The number of hydrogen-bond acceptors (Lipinski definition) is 4. The van der Waals surface area contributed by atoms with Gasteiger partial charge in [0.15, 0.2) is 0 Å². The number of rotatable bonds is 2. The van der Waals surface area contributed by atoms with Gasteiger partial charge in [-0.15, -0.1) is 0 Å². The van der Waals surface area contributed by atoms with Crippen LogP contribution in [0, 0.1) is 0 Å². The number of carbonyl (C=O) groups excluding carboxylic acids is 1. The van der Waals surface area contributed by atoms with Gasteiger partial charge in [0.1, 0.15) is 0 Å². The lowest BCUT2D eigenvalue weighted by atomic mass is 10.1. The largest absolute Gasteiger partial charge is 0.313 e. The highest BCUT2D eigenvalue weighted by Gasteiger charge is 2.17. The topological polar surface area (TPSA) is 63.2 Å². The second kappa shape index (κ2) is 4.02. The van der Waals surface area contributed by atoms with Gasteiger partial charge < -0.3 is 5.32 Å². The Labute approximate surface area is 77.9 Å². The minimum atomic E-state index is -3.50. The Kier molecular flexibility index (Phi) is 3.22. The van der Waals surface area contributed by atoms with Crippen LogP contribution in [0.15, 0.2) is 11.6 Å². The summed E-state index contributed by atoms with van der Waals surface area (Å²) in [6.45, 7) is 1.55. The highest BCUT2D eigenvalue weighted by molar-refractivity contribution is 8.05. The van der Waals surface area contributed by atoms with Crippen LogP contribution in [0.5, 0.6) is 0 Å². The van der Waals surface area contributed by atoms with Gasteiger partial charge in [-0.1, -0.05) is 11.6 Å². The molecule has 0 atom stereocenters. The monoisotopic (exact) mass is 203 g/mol. The fraction of sp³-hybridized carbons (Fsp3) is 0.625. The van der Waals surface area contributed by atoms with Gasteiger partial charge in [0.05, 0.1) is 0 Å². The average molecular weight is 203 g/mol. The quantitative estimate of drug-likeness (QED) is 0.635. The van der Waals surface area contributed by atoms with E-state index in [1.165, 1.54) is 0 Å². The summed E-state index contributed by atoms with van der Waals surface area (Å²) in [5.41, 5.74) is 0.925. The van der Waals surface area contributed by atoms with E-state index in [0.29, 0.717) is 0 Å². The van der Waals surface area contributed by atoms with Gasteiger partial charge in [0.2, 0.25) is 15.0 Å². The molecule has 1 heterocycles. The Morgan fingerprint density at radius 1 is 1.62 bits per heavy atom. The molecule has 0 bridgehead atoms. The van der Waals surface area contributed by atoms with E-state index in [4.69, 9.17) is 0 Å². The maximum absolute atomic E-state index is 11.1. The van der Waals surface area contributed by atoms with Crippen molar-refractivity contribution in [3.63, 3.8) is 0 Å². The van der Waals surface area contributed by atoms with E-state index in [1.54, 1.807) is 0 Å². The summed E-state index contributed by atoms with van der Waals surface area (Å²) in [5.74, 6) is 0. The third-order valence-corrected chi connectivity index (χ3v) is 2.91. The van der Waals surface area contributed by atoms with Crippen molar-refractivity contribution in [2.45, 2.75) is 12.8 Å². The maximum atomic E-state index is 11.1. The fourth-order valence-electron chi connectivity index (χ4n) is 1.15. The molecular weight excluding hydrogens is 190 g/mol. The molecule has 4 nitrogen and oxygen atoms in total. The van der Waals surface area contributed by atoms with Gasteiger partial charge in [-0.3, -0.25) is 4.79 Å². The van der Waals surface area contributed by atoms with Crippen molar-refractivity contribution < 1.29 is 13.2 Å². The van der Waals surface area contributed by atoms with Crippen molar-refractivity contribution in [3.8, 4) is 0 Å². The molecule has 0 radical (unpaired) electrons. The van der Waals surface area contributed by atoms with Crippen LogP contribution in [0.1, 0.15) is 12.8 Å². The molecule has 0 fully saturated rings. The summed E-state index contributed by atoms with van der Waals surface area (Å²) in [4.78, 5) is 11.1. The van der Waals surface area contributed by atoms with E-state index >= 15 is 0 Å². The average Bonchev–Trinajstić information content (AvgIpc) is 2.04. The Bertz CT molecular complexity index is 329. The van der Waals surface area contributed by atoms with Crippen LogP contribution >= 0.6 is 0 Å². The summed E-state index contributed by atoms with van der Waals surface area (Å²) in [5, 5.41) is 2.41. The highest BCUT2D eigenvalue weighted by Crippen LogP contribution is 2.11. The zero-order chi connectivity index (χ0) is 9.90. The molecule has 0 aliphatic carbocycles. The van der Waals surface area contributed by atoms with Gasteiger partial charge in [-0.2, -0.15) is 0 Å². The molecule has 1 aliphatic rings. The molecular formula is C8H13NO3S. The van der Waals surface area contributed by atoms with Gasteiger partial charge >= 0.3 is 0 Å². The molecule has 74 valence electrons. The normalized spacial score (nSPS) is 18.1. The van der Waals surface area contributed by atoms with Gasteiger partial charge in [-0.05, 0) is 13.0 Å². The Balaban J connectivity index is 2.59. The van der Waals surface area contributed by atoms with Crippen LogP contribution in [0.3, 0.4) is 0 Å². The lowest BCUT2D eigenvalue weighted by Gasteiger charge is -2.12. The Hall–Kier alpha value is -0.680. The molecule has 1 rings (SSSR count). The van der Waals surface area contributed by atoms with E-state index in [1.807, 2.05) is 6.08 Å². The summed E-state index contributed by atoms with van der Waals surface area (Å²) in [6, 6.07) is 0. The molecule has 1 N–H and O–H groups in total. The lowest BCUT2D eigenvalue weighted by molar-refractivity contribution is -0.111.